The fourth-order valence-corrected chi connectivity index (χ4v) is 2.58. The molecule has 7 nitrogen and oxygen atoms in total. The number of aromatic nitrogens is 5. The lowest BCUT2D eigenvalue weighted by atomic mass is 10.1. The van der Waals surface area contributed by atoms with E-state index >= 15 is 0 Å². The van der Waals surface area contributed by atoms with E-state index in [0.29, 0.717) is 12.1 Å². The SMILES string of the molecule is C[C@@H](NC(=O)c1cc(C(F)(F)F)cc(Cl)c1F)c1ncnn1-c1ncccn1. The molecule has 0 spiro atoms. The minimum absolute atomic E-state index is 0.171. The molecule has 0 aliphatic carbocycles. The van der Waals surface area contributed by atoms with E-state index in [9.17, 15) is 22.4 Å². The Hall–Kier alpha value is -3.08. The van der Waals surface area contributed by atoms with Crippen LogP contribution in [0.15, 0.2) is 36.9 Å². The van der Waals surface area contributed by atoms with Gasteiger partial charge in [-0.1, -0.05) is 11.6 Å². The first-order chi connectivity index (χ1) is 13.2. The van der Waals surface area contributed by atoms with Crippen LogP contribution in [0.2, 0.25) is 5.02 Å². The summed E-state index contributed by atoms with van der Waals surface area (Å²) in [4.78, 5) is 24.4. The molecule has 3 rings (SSSR count). The van der Waals surface area contributed by atoms with Gasteiger partial charge in [0.1, 0.15) is 6.33 Å². The number of hydrogen-bond acceptors (Lipinski definition) is 5. The van der Waals surface area contributed by atoms with E-state index < -0.39 is 40.1 Å². The minimum atomic E-state index is -4.79. The first-order valence-corrected chi connectivity index (χ1v) is 8.10. The minimum Gasteiger partial charge on any atom is -0.342 e. The summed E-state index contributed by atoms with van der Waals surface area (Å²) >= 11 is 5.51. The fraction of sp³-hybridized carbons (Fsp3) is 0.188. The monoisotopic (exact) mass is 414 g/mol. The lowest BCUT2D eigenvalue weighted by Gasteiger charge is -2.15. The van der Waals surface area contributed by atoms with E-state index in [-0.39, 0.29) is 11.8 Å². The Morgan fingerprint density at radius 1 is 1.21 bits per heavy atom. The number of rotatable bonds is 4. The molecular formula is C16H11ClF4N6O. The van der Waals surface area contributed by atoms with Crippen LogP contribution in [-0.2, 0) is 6.18 Å². The van der Waals surface area contributed by atoms with Gasteiger partial charge in [-0.25, -0.2) is 19.3 Å². The molecule has 0 saturated heterocycles. The second kappa shape index (κ2) is 7.50. The molecule has 2 heterocycles. The predicted octanol–water partition coefficient (Wildman–Crippen LogP) is 3.36. The van der Waals surface area contributed by atoms with E-state index in [1.165, 1.54) is 30.3 Å². The molecule has 3 aromatic rings. The van der Waals surface area contributed by atoms with E-state index in [2.05, 4.69) is 25.4 Å². The van der Waals surface area contributed by atoms with E-state index in [1.54, 1.807) is 6.07 Å². The molecule has 1 aromatic carbocycles. The lowest BCUT2D eigenvalue weighted by molar-refractivity contribution is -0.137. The number of nitrogens with zero attached hydrogens (tertiary/aromatic N) is 5. The Labute approximate surface area is 160 Å². The van der Waals surface area contributed by atoms with Crippen LogP contribution in [0.5, 0.6) is 0 Å². The maximum atomic E-state index is 14.1. The average Bonchev–Trinajstić information content (AvgIpc) is 3.13. The standard InChI is InChI=1S/C16H11ClF4N6O/c1-8(13-24-7-25-27(13)15-22-3-2-4-23-15)26-14(28)10-5-9(16(19,20)21)6-11(17)12(10)18/h2-8H,1H3,(H,26,28)/t8-/m1/s1. The highest BCUT2D eigenvalue weighted by Crippen LogP contribution is 2.33. The first kappa shape index (κ1) is 19.7. The summed E-state index contributed by atoms with van der Waals surface area (Å²) in [7, 11) is 0. The number of halogens is 5. The highest BCUT2D eigenvalue weighted by molar-refractivity contribution is 6.31. The van der Waals surface area contributed by atoms with Gasteiger partial charge in [0.25, 0.3) is 11.9 Å². The zero-order valence-electron chi connectivity index (χ0n) is 14.1. The van der Waals surface area contributed by atoms with Gasteiger partial charge < -0.3 is 5.32 Å². The van der Waals surface area contributed by atoms with Gasteiger partial charge in [0.2, 0.25) is 0 Å². The normalized spacial score (nSPS) is 12.6. The van der Waals surface area contributed by atoms with Crippen LogP contribution in [0.4, 0.5) is 17.6 Å². The Morgan fingerprint density at radius 2 is 1.89 bits per heavy atom. The van der Waals surface area contributed by atoms with Gasteiger partial charge in [0.15, 0.2) is 11.6 Å². The third kappa shape index (κ3) is 3.93. The maximum absolute atomic E-state index is 14.1. The second-order valence-corrected chi connectivity index (χ2v) is 6.00. The van der Waals surface area contributed by atoms with Gasteiger partial charge >= 0.3 is 6.18 Å². The summed E-state index contributed by atoms with van der Waals surface area (Å²) in [6.45, 7) is 1.49. The molecule has 146 valence electrons. The first-order valence-electron chi connectivity index (χ1n) is 7.73. The summed E-state index contributed by atoms with van der Waals surface area (Å²) in [6, 6.07) is 1.55. The van der Waals surface area contributed by atoms with Crippen molar-refractivity contribution in [2.75, 3.05) is 0 Å². The average molecular weight is 415 g/mol. The number of hydrogen-bond donors (Lipinski definition) is 1. The Bertz CT molecular complexity index is 1010. The van der Waals surface area contributed by atoms with Crippen LogP contribution >= 0.6 is 11.6 Å². The highest BCUT2D eigenvalue weighted by Gasteiger charge is 2.33. The molecule has 1 atom stereocenters. The zero-order valence-corrected chi connectivity index (χ0v) is 14.8. The molecule has 0 unspecified atom stereocenters. The molecule has 2 aromatic heterocycles. The van der Waals surface area contributed by atoms with Crippen molar-refractivity contribution in [1.29, 1.82) is 0 Å². The molecule has 0 aliphatic heterocycles. The predicted molar refractivity (Wildman–Crippen MR) is 89.2 cm³/mol. The van der Waals surface area contributed by atoms with Crippen LogP contribution in [0, 0.1) is 5.82 Å². The molecular weight excluding hydrogens is 404 g/mol. The molecule has 0 saturated carbocycles. The fourth-order valence-electron chi connectivity index (χ4n) is 2.36. The van der Waals surface area contributed by atoms with Gasteiger partial charge in [-0.2, -0.15) is 23.0 Å². The van der Waals surface area contributed by atoms with Gasteiger partial charge in [0.05, 0.1) is 22.2 Å². The lowest BCUT2D eigenvalue weighted by Crippen LogP contribution is -2.30. The number of amides is 1. The molecule has 1 N–H and O–H groups in total. The number of alkyl halides is 3. The molecule has 1 amide bonds. The van der Waals surface area contributed by atoms with Gasteiger partial charge in [0, 0.05) is 12.4 Å². The smallest absolute Gasteiger partial charge is 0.342 e. The number of nitrogens with one attached hydrogen (secondary N) is 1. The topological polar surface area (TPSA) is 85.6 Å². The van der Waals surface area contributed by atoms with Gasteiger partial charge in [-0.15, -0.1) is 0 Å². The number of carbonyl (C=O) groups excluding carboxylic acids is 1. The summed E-state index contributed by atoms with van der Waals surface area (Å²) in [5, 5.41) is 5.51. The third-order valence-corrected chi connectivity index (χ3v) is 3.93. The molecule has 0 bridgehead atoms. The molecule has 12 heteroatoms. The largest absolute Gasteiger partial charge is 0.416 e. The molecule has 0 fully saturated rings. The summed E-state index contributed by atoms with van der Waals surface area (Å²) in [5.41, 5.74) is -2.08. The van der Waals surface area contributed by atoms with E-state index in [0.717, 1.165) is 0 Å². The Balaban J connectivity index is 1.89. The number of benzene rings is 1. The summed E-state index contributed by atoms with van der Waals surface area (Å²) in [5.74, 6) is -1.99. The van der Waals surface area contributed by atoms with E-state index in [1.807, 2.05) is 0 Å². The van der Waals surface area contributed by atoms with Crippen molar-refractivity contribution in [3.05, 3.63) is 64.7 Å². The molecule has 28 heavy (non-hydrogen) atoms. The maximum Gasteiger partial charge on any atom is 0.416 e. The van der Waals surface area contributed by atoms with Crippen molar-refractivity contribution in [3.8, 4) is 5.95 Å². The van der Waals surface area contributed by atoms with Crippen LogP contribution < -0.4 is 5.32 Å². The zero-order chi connectivity index (χ0) is 20.5. The van der Waals surface area contributed by atoms with Crippen LogP contribution in [0.3, 0.4) is 0 Å². The van der Waals surface area contributed by atoms with Crippen molar-refractivity contribution >= 4 is 17.5 Å². The third-order valence-electron chi connectivity index (χ3n) is 3.65. The quantitative estimate of drug-likeness (QED) is 0.662. The summed E-state index contributed by atoms with van der Waals surface area (Å²) in [6.07, 6.45) is -0.660. The Morgan fingerprint density at radius 3 is 2.54 bits per heavy atom. The van der Waals surface area contributed by atoms with Crippen molar-refractivity contribution in [2.45, 2.75) is 19.1 Å². The van der Waals surface area contributed by atoms with Crippen LogP contribution in [0.25, 0.3) is 5.95 Å². The van der Waals surface area contributed by atoms with Crippen LogP contribution in [-0.4, -0.2) is 30.6 Å². The second-order valence-electron chi connectivity index (χ2n) is 5.59. The van der Waals surface area contributed by atoms with Crippen molar-refractivity contribution in [1.82, 2.24) is 30.0 Å². The van der Waals surface area contributed by atoms with Crippen LogP contribution in [0.1, 0.15) is 34.7 Å². The number of carbonyl (C=O) groups is 1. The van der Waals surface area contributed by atoms with Crippen molar-refractivity contribution in [2.24, 2.45) is 0 Å². The molecule has 0 aliphatic rings. The summed E-state index contributed by atoms with van der Waals surface area (Å²) < 4.78 is 54.1. The molecule has 0 radical (unpaired) electrons. The van der Waals surface area contributed by atoms with Gasteiger partial charge in [-0.3, -0.25) is 4.79 Å². The van der Waals surface area contributed by atoms with Gasteiger partial charge in [-0.05, 0) is 25.1 Å². The van der Waals surface area contributed by atoms with Crippen molar-refractivity contribution < 1.29 is 22.4 Å². The van der Waals surface area contributed by atoms with E-state index in [4.69, 9.17) is 11.6 Å². The Kier molecular flexibility index (Phi) is 5.27. The van der Waals surface area contributed by atoms with Crippen molar-refractivity contribution in [3.63, 3.8) is 0 Å². The highest BCUT2D eigenvalue weighted by atomic mass is 35.5.